The molecule has 1 heterocycles. The van der Waals surface area contributed by atoms with Crippen molar-refractivity contribution in [1.82, 2.24) is 10.2 Å². The van der Waals surface area contributed by atoms with Crippen molar-refractivity contribution in [3.8, 4) is 0 Å². The highest BCUT2D eigenvalue weighted by molar-refractivity contribution is 5.89. The molecule has 1 aliphatic heterocycles. The first-order chi connectivity index (χ1) is 9.54. The number of ether oxygens (including phenoxy) is 1. The molecule has 1 atom stereocenters. The van der Waals surface area contributed by atoms with E-state index in [1.54, 1.807) is 12.0 Å². The largest absolute Gasteiger partial charge is 0.383 e. The van der Waals surface area contributed by atoms with Gasteiger partial charge in [0, 0.05) is 32.2 Å². The fourth-order valence-corrected chi connectivity index (χ4v) is 3.17. The molecule has 0 aliphatic carbocycles. The number of amides is 2. The predicted molar refractivity (Wildman–Crippen MR) is 82.9 cm³/mol. The van der Waals surface area contributed by atoms with E-state index in [-0.39, 0.29) is 28.7 Å². The summed E-state index contributed by atoms with van der Waals surface area (Å²) in [6.45, 7) is 12.1. The molecule has 1 saturated heterocycles. The number of likely N-dealkylation sites (tertiary alicyclic amines) is 1. The molecule has 122 valence electrons. The van der Waals surface area contributed by atoms with E-state index >= 15 is 0 Å². The number of carbonyl (C=O) groups excluding carboxylic acids is 2. The van der Waals surface area contributed by atoms with E-state index in [2.05, 4.69) is 26.1 Å². The summed E-state index contributed by atoms with van der Waals surface area (Å²) in [6, 6.07) is 0. The van der Waals surface area contributed by atoms with Gasteiger partial charge in [-0.3, -0.25) is 9.59 Å². The van der Waals surface area contributed by atoms with Crippen molar-refractivity contribution < 1.29 is 14.3 Å². The van der Waals surface area contributed by atoms with Crippen LogP contribution in [0.3, 0.4) is 0 Å². The van der Waals surface area contributed by atoms with E-state index < -0.39 is 0 Å². The van der Waals surface area contributed by atoms with Crippen LogP contribution < -0.4 is 5.32 Å². The molecular weight excluding hydrogens is 268 g/mol. The molecule has 1 rings (SSSR count). The van der Waals surface area contributed by atoms with E-state index in [0.717, 1.165) is 6.42 Å². The van der Waals surface area contributed by atoms with Crippen molar-refractivity contribution in [2.45, 2.75) is 53.0 Å². The van der Waals surface area contributed by atoms with Gasteiger partial charge in [0.25, 0.3) is 0 Å². The van der Waals surface area contributed by atoms with E-state index in [1.807, 2.05) is 13.8 Å². The van der Waals surface area contributed by atoms with Crippen molar-refractivity contribution in [3.05, 3.63) is 0 Å². The van der Waals surface area contributed by atoms with E-state index in [1.165, 1.54) is 0 Å². The predicted octanol–water partition coefficient (Wildman–Crippen LogP) is 1.81. The van der Waals surface area contributed by atoms with Crippen LogP contribution in [0.25, 0.3) is 0 Å². The molecule has 1 fully saturated rings. The van der Waals surface area contributed by atoms with Gasteiger partial charge >= 0.3 is 0 Å². The molecule has 0 spiro atoms. The maximum atomic E-state index is 12.4. The number of nitrogens with zero attached hydrogens (tertiary/aromatic N) is 1. The summed E-state index contributed by atoms with van der Waals surface area (Å²) in [5, 5.41) is 3.10. The Bertz CT molecular complexity index is 385. The lowest BCUT2D eigenvalue weighted by Gasteiger charge is -2.34. The van der Waals surface area contributed by atoms with Crippen LogP contribution in [-0.4, -0.2) is 49.1 Å². The van der Waals surface area contributed by atoms with Gasteiger partial charge in [0.1, 0.15) is 0 Å². The molecule has 0 saturated carbocycles. The summed E-state index contributed by atoms with van der Waals surface area (Å²) < 4.78 is 4.99. The molecular formula is C16H30N2O3. The number of methoxy groups -OCH3 is 1. The van der Waals surface area contributed by atoms with Crippen LogP contribution >= 0.6 is 0 Å². The van der Waals surface area contributed by atoms with Gasteiger partial charge in [-0.15, -0.1) is 0 Å². The van der Waals surface area contributed by atoms with Gasteiger partial charge in [-0.1, -0.05) is 20.8 Å². The zero-order valence-corrected chi connectivity index (χ0v) is 14.3. The second kappa shape index (κ2) is 6.77. The molecule has 5 heteroatoms. The van der Waals surface area contributed by atoms with Crippen molar-refractivity contribution in [1.29, 1.82) is 0 Å². The van der Waals surface area contributed by atoms with Crippen LogP contribution in [-0.2, 0) is 14.3 Å². The second-order valence-electron chi connectivity index (χ2n) is 7.84. The Morgan fingerprint density at radius 1 is 1.33 bits per heavy atom. The van der Waals surface area contributed by atoms with Crippen LogP contribution in [0.2, 0.25) is 0 Å². The molecule has 0 radical (unpaired) electrons. The van der Waals surface area contributed by atoms with Gasteiger partial charge in [-0.2, -0.15) is 0 Å². The number of hydrogen-bond donors (Lipinski definition) is 1. The molecule has 0 aromatic heterocycles. The normalized spacial score (nSPS) is 20.0. The highest BCUT2D eigenvalue weighted by Gasteiger charge is 2.36. The maximum Gasteiger partial charge on any atom is 0.225 e. The smallest absolute Gasteiger partial charge is 0.225 e. The fourth-order valence-electron chi connectivity index (χ4n) is 3.17. The van der Waals surface area contributed by atoms with Crippen LogP contribution in [0.1, 0.15) is 47.5 Å². The highest BCUT2D eigenvalue weighted by atomic mass is 16.5. The van der Waals surface area contributed by atoms with Gasteiger partial charge in [0.15, 0.2) is 0 Å². The zero-order valence-electron chi connectivity index (χ0n) is 14.3. The molecule has 0 bridgehead atoms. The minimum atomic E-state index is -0.266. The lowest BCUT2D eigenvalue weighted by molar-refractivity contribution is -0.129. The monoisotopic (exact) mass is 298 g/mol. The first kappa shape index (κ1) is 18.0. The summed E-state index contributed by atoms with van der Waals surface area (Å²) in [5.74, 6) is -0.216. The molecule has 0 aromatic rings. The van der Waals surface area contributed by atoms with Crippen molar-refractivity contribution in [2.24, 2.45) is 11.3 Å². The third-order valence-corrected chi connectivity index (χ3v) is 3.58. The maximum absolute atomic E-state index is 12.4. The summed E-state index contributed by atoms with van der Waals surface area (Å²) in [5.41, 5.74) is -0.120. The SMILES string of the molecule is COCCN1CC(C(=O)NC(C)(C)CC(C)(C)C)CC1=O. The minimum Gasteiger partial charge on any atom is -0.383 e. The van der Waals surface area contributed by atoms with Crippen LogP contribution in [0.4, 0.5) is 0 Å². The third-order valence-electron chi connectivity index (χ3n) is 3.58. The summed E-state index contributed by atoms with van der Waals surface area (Å²) >= 11 is 0. The number of carbonyl (C=O) groups is 2. The van der Waals surface area contributed by atoms with Crippen molar-refractivity contribution in [3.63, 3.8) is 0 Å². The Kier molecular flexibility index (Phi) is 5.79. The van der Waals surface area contributed by atoms with E-state index in [9.17, 15) is 9.59 Å². The Balaban J connectivity index is 2.55. The van der Waals surface area contributed by atoms with Gasteiger partial charge in [0.05, 0.1) is 12.5 Å². The van der Waals surface area contributed by atoms with Gasteiger partial charge < -0.3 is 15.0 Å². The molecule has 1 unspecified atom stereocenters. The first-order valence-electron chi connectivity index (χ1n) is 7.63. The molecule has 1 aliphatic rings. The lowest BCUT2D eigenvalue weighted by Crippen LogP contribution is -2.48. The quantitative estimate of drug-likeness (QED) is 0.813. The van der Waals surface area contributed by atoms with Crippen LogP contribution in [0.15, 0.2) is 0 Å². The highest BCUT2D eigenvalue weighted by Crippen LogP contribution is 2.27. The van der Waals surface area contributed by atoms with Gasteiger partial charge in [0.2, 0.25) is 11.8 Å². The topological polar surface area (TPSA) is 58.6 Å². The van der Waals surface area contributed by atoms with Gasteiger partial charge in [-0.05, 0) is 25.7 Å². The number of rotatable bonds is 6. The molecule has 21 heavy (non-hydrogen) atoms. The average molecular weight is 298 g/mol. The van der Waals surface area contributed by atoms with Crippen molar-refractivity contribution >= 4 is 11.8 Å². The van der Waals surface area contributed by atoms with Crippen LogP contribution in [0.5, 0.6) is 0 Å². The summed E-state index contributed by atoms with van der Waals surface area (Å²) in [6.07, 6.45) is 1.20. The number of nitrogens with one attached hydrogen (secondary N) is 1. The standard InChI is InChI=1S/C16H30N2O3/c1-15(2,3)11-16(4,5)17-14(20)12-9-13(19)18(10-12)7-8-21-6/h12H,7-11H2,1-6H3,(H,17,20). The summed E-state index contributed by atoms with van der Waals surface area (Å²) in [7, 11) is 1.61. The van der Waals surface area contributed by atoms with E-state index in [4.69, 9.17) is 4.74 Å². The molecule has 0 aromatic carbocycles. The molecule has 2 amide bonds. The third kappa shape index (κ3) is 6.04. The Morgan fingerprint density at radius 3 is 2.48 bits per heavy atom. The lowest BCUT2D eigenvalue weighted by atomic mass is 9.81. The molecule has 5 nitrogen and oxygen atoms in total. The zero-order chi connectivity index (χ0) is 16.3. The Morgan fingerprint density at radius 2 is 1.95 bits per heavy atom. The number of hydrogen-bond acceptors (Lipinski definition) is 3. The minimum absolute atomic E-state index is 0.0162. The van der Waals surface area contributed by atoms with Gasteiger partial charge in [-0.25, -0.2) is 0 Å². The first-order valence-corrected chi connectivity index (χ1v) is 7.63. The summed E-state index contributed by atoms with van der Waals surface area (Å²) in [4.78, 5) is 26.0. The Hall–Kier alpha value is -1.10. The Labute approximate surface area is 128 Å². The van der Waals surface area contributed by atoms with Crippen molar-refractivity contribution in [2.75, 3.05) is 26.8 Å². The van der Waals surface area contributed by atoms with E-state index in [0.29, 0.717) is 26.1 Å². The fraction of sp³-hybridized carbons (Fsp3) is 0.875. The molecule has 1 N–H and O–H groups in total. The second-order valence-corrected chi connectivity index (χ2v) is 7.84. The average Bonchev–Trinajstić information content (AvgIpc) is 2.64. The van der Waals surface area contributed by atoms with Crippen LogP contribution in [0, 0.1) is 11.3 Å².